The highest BCUT2D eigenvalue weighted by Gasteiger charge is 2.17. The molecule has 0 aliphatic carbocycles. The van der Waals surface area contributed by atoms with Crippen molar-refractivity contribution < 1.29 is 14.7 Å². The van der Waals surface area contributed by atoms with Gasteiger partial charge < -0.3 is 15.7 Å². The molecule has 0 atom stereocenters. The lowest BCUT2D eigenvalue weighted by molar-refractivity contribution is 0.101. The average molecular weight is 474 g/mol. The van der Waals surface area contributed by atoms with E-state index in [9.17, 15) is 14.7 Å². The van der Waals surface area contributed by atoms with E-state index in [0.29, 0.717) is 17.9 Å². The van der Waals surface area contributed by atoms with Gasteiger partial charge >= 0.3 is 0 Å². The maximum Gasteiger partial charge on any atom is 0.161 e. The molecule has 4 rings (SSSR count). The molecule has 35 heavy (non-hydrogen) atoms. The number of rotatable bonds is 7. The SMILES string of the molecule is CNC1CCN(Cc2ccc(O)c(C=O)c2)CC1.CNc1cc(-c2ccccc2)ccc1C(C)=O. The molecule has 1 aliphatic rings. The van der Waals surface area contributed by atoms with Crippen molar-refractivity contribution >= 4 is 17.8 Å². The molecule has 0 radical (unpaired) electrons. The second kappa shape index (κ2) is 12.8. The fourth-order valence-corrected chi connectivity index (χ4v) is 4.30. The number of phenols is 1. The van der Waals surface area contributed by atoms with Crippen molar-refractivity contribution in [3.63, 3.8) is 0 Å². The summed E-state index contributed by atoms with van der Waals surface area (Å²) < 4.78 is 0. The quantitative estimate of drug-likeness (QED) is 0.331. The summed E-state index contributed by atoms with van der Waals surface area (Å²) in [6, 6.07) is 21.9. The van der Waals surface area contributed by atoms with Gasteiger partial charge in [-0.05, 0) is 80.9 Å². The monoisotopic (exact) mass is 473 g/mol. The van der Waals surface area contributed by atoms with Gasteiger partial charge in [0.1, 0.15) is 5.75 Å². The van der Waals surface area contributed by atoms with Crippen molar-refractivity contribution in [3.8, 4) is 16.9 Å². The van der Waals surface area contributed by atoms with Crippen molar-refractivity contribution in [2.45, 2.75) is 32.4 Å². The smallest absolute Gasteiger partial charge is 0.161 e. The molecule has 1 saturated heterocycles. The number of anilines is 1. The largest absolute Gasteiger partial charge is 0.507 e. The molecule has 0 spiro atoms. The van der Waals surface area contributed by atoms with Gasteiger partial charge in [0.05, 0.1) is 5.56 Å². The Balaban J connectivity index is 0.000000196. The van der Waals surface area contributed by atoms with E-state index in [1.165, 1.54) is 0 Å². The lowest BCUT2D eigenvalue weighted by Gasteiger charge is -2.31. The minimum atomic E-state index is 0.0580. The third-order valence-corrected chi connectivity index (χ3v) is 6.40. The van der Waals surface area contributed by atoms with Crippen molar-refractivity contribution in [3.05, 3.63) is 83.4 Å². The van der Waals surface area contributed by atoms with Crippen LogP contribution in [0, 0.1) is 0 Å². The molecule has 1 aliphatic heterocycles. The minimum absolute atomic E-state index is 0.0580. The topological polar surface area (TPSA) is 81.7 Å². The van der Waals surface area contributed by atoms with Crippen LogP contribution < -0.4 is 10.6 Å². The first-order chi connectivity index (χ1) is 16.9. The predicted octanol–water partition coefficient (Wildman–Crippen LogP) is 4.99. The van der Waals surface area contributed by atoms with Crippen LogP contribution in [0.4, 0.5) is 5.69 Å². The molecule has 3 aromatic rings. The fourth-order valence-electron chi connectivity index (χ4n) is 4.30. The van der Waals surface area contributed by atoms with Crippen LogP contribution in [-0.2, 0) is 6.54 Å². The zero-order valence-electron chi connectivity index (χ0n) is 20.8. The maximum absolute atomic E-state index is 11.4. The highest BCUT2D eigenvalue weighted by molar-refractivity contribution is 6.00. The van der Waals surface area contributed by atoms with E-state index in [4.69, 9.17) is 0 Å². The molecule has 0 saturated carbocycles. The summed E-state index contributed by atoms with van der Waals surface area (Å²) in [4.78, 5) is 24.6. The fraction of sp³-hybridized carbons (Fsp3) is 0.310. The molecule has 0 unspecified atom stereocenters. The van der Waals surface area contributed by atoms with Crippen LogP contribution in [0.2, 0.25) is 0 Å². The van der Waals surface area contributed by atoms with Gasteiger partial charge in [-0.2, -0.15) is 0 Å². The van der Waals surface area contributed by atoms with Gasteiger partial charge in [0.25, 0.3) is 0 Å². The van der Waals surface area contributed by atoms with Gasteiger partial charge in [0.2, 0.25) is 0 Å². The highest BCUT2D eigenvalue weighted by Crippen LogP contribution is 2.25. The van der Waals surface area contributed by atoms with Crippen LogP contribution in [0.5, 0.6) is 5.75 Å². The third-order valence-electron chi connectivity index (χ3n) is 6.40. The van der Waals surface area contributed by atoms with Gasteiger partial charge in [-0.25, -0.2) is 0 Å². The van der Waals surface area contributed by atoms with Gasteiger partial charge in [0, 0.05) is 30.9 Å². The molecular formula is C29H35N3O3. The summed E-state index contributed by atoms with van der Waals surface area (Å²) in [5.41, 5.74) is 5.32. The van der Waals surface area contributed by atoms with E-state index in [1.807, 2.05) is 56.6 Å². The number of carbonyl (C=O) groups is 2. The van der Waals surface area contributed by atoms with Crippen LogP contribution in [0.3, 0.4) is 0 Å². The number of carbonyl (C=O) groups excluding carboxylic acids is 2. The van der Waals surface area contributed by atoms with Crippen LogP contribution in [0.1, 0.15) is 46.0 Å². The Bertz CT molecular complexity index is 1120. The standard InChI is InChI=1S/C15H15NO.C14H20N2O2/c1-11(17)14-9-8-13(10-15(14)16-2)12-6-4-3-5-7-12;1-15-13-4-6-16(7-5-13)9-11-2-3-14(18)12(8-11)10-17/h3-10,16H,1-2H3;2-3,8,10,13,15,18H,4-7,9H2,1H3. The first-order valence-electron chi connectivity index (χ1n) is 12.0. The number of ketones is 1. The van der Waals surface area contributed by atoms with E-state index in [-0.39, 0.29) is 11.5 Å². The summed E-state index contributed by atoms with van der Waals surface area (Å²) in [7, 11) is 3.84. The van der Waals surface area contributed by atoms with E-state index < -0.39 is 0 Å². The summed E-state index contributed by atoms with van der Waals surface area (Å²) >= 11 is 0. The Labute approximate surface area is 208 Å². The molecule has 6 nitrogen and oxygen atoms in total. The zero-order chi connectivity index (χ0) is 25.2. The second-order valence-electron chi connectivity index (χ2n) is 8.78. The maximum atomic E-state index is 11.4. The number of nitrogens with one attached hydrogen (secondary N) is 2. The Kier molecular flexibility index (Phi) is 9.58. The first kappa shape index (κ1) is 26.1. The van der Waals surface area contributed by atoms with Crippen molar-refractivity contribution in [2.75, 3.05) is 32.5 Å². The van der Waals surface area contributed by atoms with Crippen LogP contribution >= 0.6 is 0 Å². The Hall–Kier alpha value is -3.48. The molecule has 0 aromatic heterocycles. The molecule has 184 valence electrons. The number of nitrogens with zero attached hydrogens (tertiary/aromatic N) is 1. The predicted molar refractivity (Wildman–Crippen MR) is 142 cm³/mol. The highest BCUT2D eigenvalue weighted by atomic mass is 16.3. The zero-order valence-corrected chi connectivity index (χ0v) is 20.8. The summed E-state index contributed by atoms with van der Waals surface area (Å²) in [6.07, 6.45) is 3.02. The van der Waals surface area contributed by atoms with E-state index >= 15 is 0 Å². The lowest BCUT2D eigenvalue weighted by Crippen LogP contribution is -2.40. The van der Waals surface area contributed by atoms with Crippen LogP contribution in [0.25, 0.3) is 11.1 Å². The normalized spacial score (nSPS) is 14.0. The first-order valence-corrected chi connectivity index (χ1v) is 12.0. The third kappa shape index (κ3) is 7.25. The van der Waals surface area contributed by atoms with Gasteiger partial charge in [-0.1, -0.05) is 42.5 Å². The molecule has 0 amide bonds. The Morgan fingerprint density at radius 2 is 1.71 bits per heavy atom. The van der Waals surface area contributed by atoms with E-state index in [2.05, 4.69) is 27.7 Å². The second-order valence-corrected chi connectivity index (χ2v) is 8.78. The van der Waals surface area contributed by atoms with Gasteiger partial charge in [-0.15, -0.1) is 0 Å². The van der Waals surface area contributed by atoms with Crippen molar-refractivity contribution in [1.29, 1.82) is 0 Å². The number of phenolic OH excluding ortho intramolecular Hbond substituents is 1. The number of aldehydes is 1. The summed E-state index contributed by atoms with van der Waals surface area (Å²) in [5, 5.41) is 15.8. The number of Topliss-reactive ketones (excluding diaryl/α,β-unsaturated/α-hetero) is 1. The minimum Gasteiger partial charge on any atom is -0.507 e. The van der Waals surface area contributed by atoms with Gasteiger partial charge in [0.15, 0.2) is 12.1 Å². The number of benzene rings is 3. The number of hydrogen-bond donors (Lipinski definition) is 3. The molecule has 1 fully saturated rings. The number of piperidine rings is 1. The number of hydrogen-bond acceptors (Lipinski definition) is 6. The molecule has 0 bridgehead atoms. The molecule has 3 N–H and O–H groups in total. The number of aromatic hydroxyl groups is 1. The van der Waals surface area contributed by atoms with Crippen molar-refractivity contribution in [1.82, 2.24) is 10.2 Å². The van der Waals surface area contributed by atoms with Gasteiger partial charge in [-0.3, -0.25) is 14.5 Å². The molecule has 1 heterocycles. The molecule has 6 heteroatoms. The molecule has 3 aromatic carbocycles. The van der Waals surface area contributed by atoms with Crippen LogP contribution in [-0.4, -0.2) is 55.3 Å². The summed E-state index contributed by atoms with van der Waals surface area (Å²) in [5.74, 6) is 0.136. The molecular weight excluding hydrogens is 438 g/mol. The summed E-state index contributed by atoms with van der Waals surface area (Å²) in [6.45, 7) is 4.57. The number of likely N-dealkylation sites (tertiary alicyclic amines) is 1. The van der Waals surface area contributed by atoms with E-state index in [1.54, 1.807) is 19.1 Å². The lowest BCUT2D eigenvalue weighted by atomic mass is 10.0. The Morgan fingerprint density at radius 1 is 1.00 bits per heavy atom. The average Bonchev–Trinajstić information content (AvgIpc) is 2.90. The van der Waals surface area contributed by atoms with E-state index in [0.717, 1.165) is 60.4 Å². The Morgan fingerprint density at radius 3 is 2.31 bits per heavy atom. The van der Waals surface area contributed by atoms with Crippen LogP contribution in [0.15, 0.2) is 66.7 Å². The van der Waals surface area contributed by atoms with Crippen molar-refractivity contribution in [2.24, 2.45) is 0 Å².